The lowest BCUT2D eigenvalue weighted by Crippen LogP contribution is -1.85. The molecule has 2 N–H and O–H groups in total. The Morgan fingerprint density at radius 3 is 2.75 bits per heavy atom. The van der Waals surface area contributed by atoms with Crippen molar-refractivity contribution >= 4 is 12.0 Å². The highest BCUT2D eigenvalue weighted by atomic mass is 16.5. The molecule has 4 nitrogen and oxygen atoms in total. The normalized spacial score (nSPS) is 11.1. The molecule has 0 amide bonds. The molecule has 0 aliphatic carbocycles. The molecule has 16 heavy (non-hydrogen) atoms. The van der Waals surface area contributed by atoms with Crippen molar-refractivity contribution in [3.8, 4) is 11.5 Å². The van der Waals surface area contributed by atoms with Crippen molar-refractivity contribution in [2.45, 2.75) is 0 Å². The molecule has 0 saturated carbocycles. The predicted molar refractivity (Wildman–Crippen MR) is 60.5 cm³/mol. The molecule has 0 spiro atoms. The summed E-state index contributed by atoms with van der Waals surface area (Å²) < 4.78 is 4.93. The number of phenolic OH excluding ortho intramolecular Hbond substituents is 1. The van der Waals surface area contributed by atoms with Crippen LogP contribution in [-0.2, 0) is 4.79 Å². The molecule has 4 heteroatoms. The van der Waals surface area contributed by atoms with Crippen molar-refractivity contribution in [1.29, 1.82) is 0 Å². The summed E-state index contributed by atoms with van der Waals surface area (Å²) in [7, 11) is 1.47. The monoisotopic (exact) mass is 220 g/mol. The van der Waals surface area contributed by atoms with Gasteiger partial charge in [0.25, 0.3) is 0 Å². The second-order valence-electron chi connectivity index (χ2n) is 2.99. The number of phenols is 1. The van der Waals surface area contributed by atoms with Gasteiger partial charge < -0.3 is 14.9 Å². The van der Waals surface area contributed by atoms with Gasteiger partial charge in [-0.2, -0.15) is 0 Å². The maximum Gasteiger partial charge on any atom is 0.328 e. The van der Waals surface area contributed by atoms with Gasteiger partial charge in [-0.25, -0.2) is 4.79 Å². The summed E-state index contributed by atoms with van der Waals surface area (Å²) in [5.74, 6) is -0.543. The van der Waals surface area contributed by atoms with Crippen LogP contribution in [0.4, 0.5) is 0 Å². The van der Waals surface area contributed by atoms with Gasteiger partial charge in [-0.05, 0) is 17.7 Å². The summed E-state index contributed by atoms with van der Waals surface area (Å²) in [5.41, 5.74) is 0.810. The molecule has 0 aliphatic heterocycles. The number of aromatic hydroxyl groups is 1. The van der Waals surface area contributed by atoms with Gasteiger partial charge in [0.1, 0.15) is 0 Å². The first-order valence-electron chi connectivity index (χ1n) is 4.58. The van der Waals surface area contributed by atoms with E-state index >= 15 is 0 Å². The Bertz CT molecular complexity index is 433. The van der Waals surface area contributed by atoms with Crippen LogP contribution in [-0.4, -0.2) is 23.3 Å². The van der Waals surface area contributed by atoms with Crippen LogP contribution in [0.3, 0.4) is 0 Å². The van der Waals surface area contributed by atoms with E-state index in [4.69, 9.17) is 9.84 Å². The Balaban J connectivity index is 2.78. The Morgan fingerprint density at radius 2 is 2.12 bits per heavy atom. The van der Waals surface area contributed by atoms with Gasteiger partial charge in [-0.1, -0.05) is 24.3 Å². The van der Waals surface area contributed by atoms with Crippen molar-refractivity contribution in [1.82, 2.24) is 0 Å². The lowest BCUT2D eigenvalue weighted by Gasteiger charge is -2.03. The number of rotatable bonds is 4. The number of aliphatic carboxylic acids is 1. The largest absolute Gasteiger partial charge is 0.504 e. The van der Waals surface area contributed by atoms with Gasteiger partial charge in [0, 0.05) is 6.08 Å². The van der Waals surface area contributed by atoms with Crippen LogP contribution in [0, 0.1) is 0 Å². The second-order valence-corrected chi connectivity index (χ2v) is 2.99. The van der Waals surface area contributed by atoms with Crippen LogP contribution in [0.15, 0.2) is 36.4 Å². The van der Waals surface area contributed by atoms with Crippen LogP contribution in [0.2, 0.25) is 0 Å². The summed E-state index contributed by atoms with van der Waals surface area (Å²) in [4.78, 5) is 10.2. The first-order chi connectivity index (χ1) is 7.63. The fourth-order valence-corrected chi connectivity index (χ4v) is 1.10. The molecule has 0 saturated heterocycles. The van der Waals surface area contributed by atoms with Crippen LogP contribution >= 0.6 is 0 Å². The van der Waals surface area contributed by atoms with Gasteiger partial charge in [0.15, 0.2) is 11.5 Å². The Morgan fingerprint density at radius 1 is 1.38 bits per heavy atom. The van der Waals surface area contributed by atoms with E-state index in [0.29, 0.717) is 5.75 Å². The summed E-state index contributed by atoms with van der Waals surface area (Å²) in [6.07, 6.45) is 5.76. The SMILES string of the molecule is COc1cc(/C=C/C=C/C(=O)O)ccc1O. The van der Waals surface area contributed by atoms with E-state index in [9.17, 15) is 9.90 Å². The second kappa shape index (κ2) is 5.60. The number of carbonyl (C=O) groups is 1. The smallest absolute Gasteiger partial charge is 0.328 e. The molecule has 0 fully saturated rings. The zero-order chi connectivity index (χ0) is 12.0. The number of carboxylic acids is 1. The Kier molecular flexibility index (Phi) is 4.15. The summed E-state index contributed by atoms with van der Waals surface area (Å²) in [6.45, 7) is 0. The quantitative estimate of drug-likeness (QED) is 0.602. The van der Waals surface area contributed by atoms with E-state index in [1.807, 2.05) is 0 Å². The number of hydrogen-bond donors (Lipinski definition) is 2. The molecular weight excluding hydrogens is 208 g/mol. The number of ether oxygens (including phenoxy) is 1. The Hall–Kier alpha value is -2.23. The van der Waals surface area contributed by atoms with Gasteiger partial charge >= 0.3 is 5.97 Å². The van der Waals surface area contributed by atoms with E-state index in [2.05, 4.69) is 0 Å². The van der Waals surface area contributed by atoms with Crippen LogP contribution in [0.5, 0.6) is 11.5 Å². The van der Waals surface area contributed by atoms with Crippen molar-refractivity contribution < 1.29 is 19.7 Å². The molecule has 1 aromatic carbocycles. The van der Waals surface area contributed by atoms with Crippen LogP contribution in [0.25, 0.3) is 6.08 Å². The zero-order valence-corrected chi connectivity index (χ0v) is 8.75. The van der Waals surface area contributed by atoms with Gasteiger partial charge in [-0.15, -0.1) is 0 Å². The number of benzene rings is 1. The van der Waals surface area contributed by atoms with E-state index in [0.717, 1.165) is 11.6 Å². The number of allylic oxidation sites excluding steroid dienone is 2. The first kappa shape index (κ1) is 11.8. The Labute approximate surface area is 93.1 Å². The number of carboxylic acid groups (broad SMARTS) is 1. The molecule has 0 aromatic heterocycles. The molecule has 84 valence electrons. The van der Waals surface area contributed by atoms with Crippen molar-refractivity contribution in [2.24, 2.45) is 0 Å². The van der Waals surface area contributed by atoms with Crippen molar-refractivity contribution in [2.75, 3.05) is 7.11 Å². The maximum atomic E-state index is 10.2. The van der Waals surface area contributed by atoms with E-state index in [1.54, 1.807) is 24.3 Å². The van der Waals surface area contributed by atoms with Crippen LogP contribution < -0.4 is 4.74 Å². The lowest BCUT2D eigenvalue weighted by molar-refractivity contribution is -0.131. The topological polar surface area (TPSA) is 66.8 Å². The molecule has 1 aromatic rings. The maximum absolute atomic E-state index is 10.2. The fraction of sp³-hybridized carbons (Fsp3) is 0.0833. The highest BCUT2D eigenvalue weighted by molar-refractivity contribution is 5.80. The molecule has 0 atom stereocenters. The standard InChI is InChI=1S/C12H12O4/c1-16-11-8-9(6-7-10(11)13)4-2-3-5-12(14)15/h2-8,13H,1H3,(H,14,15)/b4-2+,5-3+. The minimum Gasteiger partial charge on any atom is -0.504 e. The first-order valence-corrected chi connectivity index (χ1v) is 4.58. The highest BCUT2D eigenvalue weighted by Gasteiger charge is 1.99. The minimum absolute atomic E-state index is 0.0701. The average molecular weight is 220 g/mol. The third kappa shape index (κ3) is 3.49. The average Bonchev–Trinajstić information content (AvgIpc) is 2.26. The fourth-order valence-electron chi connectivity index (χ4n) is 1.10. The third-order valence-electron chi connectivity index (χ3n) is 1.84. The number of hydrogen-bond acceptors (Lipinski definition) is 3. The molecular formula is C12H12O4. The van der Waals surface area contributed by atoms with E-state index in [1.165, 1.54) is 19.3 Å². The molecule has 0 aliphatic rings. The van der Waals surface area contributed by atoms with E-state index < -0.39 is 5.97 Å². The van der Waals surface area contributed by atoms with Gasteiger partial charge in [0.2, 0.25) is 0 Å². The highest BCUT2D eigenvalue weighted by Crippen LogP contribution is 2.26. The zero-order valence-electron chi connectivity index (χ0n) is 8.75. The predicted octanol–water partition coefficient (Wildman–Crippen LogP) is 2.05. The molecule has 0 radical (unpaired) electrons. The molecule has 1 rings (SSSR count). The van der Waals surface area contributed by atoms with Gasteiger partial charge in [0.05, 0.1) is 7.11 Å². The van der Waals surface area contributed by atoms with Crippen molar-refractivity contribution in [3.63, 3.8) is 0 Å². The number of methoxy groups -OCH3 is 1. The molecule has 0 heterocycles. The van der Waals surface area contributed by atoms with Crippen molar-refractivity contribution in [3.05, 3.63) is 42.0 Å². The van der Waals surface area contributed by atoms with Gasteiger partial charge in [-0.3, -0.25) is 0 Å². The summed E-state index contributed by atoms with van der Waals surface area (Å²) >= 11 is 0. The lowest BCUT2D eigenvalue weighted by atomic mass is 10.2. The minimum atomic E-state index is -0.993. The molecule has 0 unspecified atom stereocenters. The van der Waals surface area contributed by atoms with E-state index in [-0.39, 0.29) is 5.75 Å². The summed E-state index contributed by atoms with van der Waals surface area (Å²) in [6, 6.07) is 4.86. The summed E-state index contributed by atoms with van der Waals surface area (Å²) in [5, 5.41) is 17.7. The van der Waals surface area contributed by atoms with Crippen LogP contribution in [0.1, 0.15) is 5.56 Å². The third-order valence-corrected chi connectivity index (χ3v) is 1.84. The molecule has 0 bridgehead atoms.